The molecule has 0 aliphatic rings. The van der Waals surface area contributed by atoms with E-state index in [0.717, 1.165) is 11.1 Å². The number of aryl methyl sites for hydroxylation is 1. The zero-order valence-electron chi connectivity index (χ0n) is 12.9. The molecule has 0 amide bonds. The second kappa shape index (κ2) is 6.72. The largest absolute Gasteiger partial charge is 0.481 e. The zero-order chi connectivity index (χ0) is 16.2. The lowest BCUT2D eigenvalue weighted by molar-refractivity contribution is -0.167. The van der Waals surface area contributed by atoms with Gasteiger partial charge in [0, 0.05) is 6.04 Å². The van der Waals surface area contributed by atoms with Crippen LogP contribution in [-0.2, 0) is 20.7 Å². The van der Waals surface area contributed by atoms with E-state index in [0.29, 0.717) is 6.42 Å². The quantitative estimate of drug-likeness (QED) is 0.639. The molecular weight excluding hydrogens is 270 g/mol. The van der Waals surface area contributed by atoms with Gasteiger partial charge < -0.3 is 15.6 Å². The minimum Gasteiger partial charge on any atom is -0.481 e. The van der Waals surface area contributed by atoms with Gasteiger partial charge in [-0.2, -0.15) is 0 Å². The number of hydrogen-bond donors (Lipinski definition) is 2. The maximum absolute atomic E-state index is 12.0. The van der Waals surface area contributed by atoms with Crippen molar-refractivity contribution in [1.29, 1.82) is 0 Å². The second-order valence-electron chi connectivity index (χ2n) is 6.14. The molecule has 1 rings (SSSR count). The molecule has 0 unspecified atom stereocenters. The topological polar surface area (TPSA) is 89.6 Å². The maximum Gasteiger partial charge on any atom is 0.322 e. The van der Waals surface area contributed by atoms with Gasteiger partial charge in [-0.25, -0.2) is 0 Å². The molecule has 0 radical (unpaired) electrons. The summed E-state index contributed by atoms with van der Waals surface area (Å²) in [5.74, 6) is -3.43. The Labute approximate surface area is 125 Å². The van der Waals surface area contributed by atoms with Gasteiger partial charge in [0.15, 0.2) is 5.92 Å². The number of rotatable bonds is 5. The minimum absolute atomic E-state index is 0.308. The third kappa shape index (κ3) is 5.19. The van der Waals surface area contributed by atoms with Gasteiger partial charge in [-0.05, 0) is 45.2 Å². The first-order valence-electron chi connectivity index (χ1n) is 6.87. The van der Waals surface area contributed by atoms with Gasteiger partial charge >= 0.3 is 11.9 Å². The highest BCUT2D eigenvalue weighted by Gasteiger charge is 2.36. The number of carboxylic acids is 1. The Balaban J connectivity index is 2.88. The lowest BCUT2D eigenvalue weighted by Crippen LogP contribution is -2.45. The molecule has 21 heavy (non-hydrogen) atoms. The van der Waals surface area contributed by atoms with E-state index in [4.69, 9.17) is 10.5 Å². The van der Waals surface area contributed by atoms with Crippen LogP contribution in [0.2, 0.25) is 0 Å². The van der Waals surface area contributed by atoms with Crippen LogP contribution >= 0.6 is 0 Å². The lowest BCUT2D eigenvalue weighted by Gasteiger charge is -2.25. The van der Waals surface area contributed by atoms with Gasteiger partial charge in [0.05, 0.1) is 0 Å². The number of aliphatic carboxylic acids is 1. The van der Waals surface area contributed by atoms with Crippen LogP contribution in [0.5, 0.6) is 0 Å². The van der Waals surface area contributed by atoms with Crippen LogP contribution in [0.3, 0.4) is 0 Å². The van der Waals surface area contributed by atoms with Crippen LogP contribution in [0.4, 0.5) is 0 Å². The number of esters is 1. The third-order valence-electron chi connectivity index (χ3n) is 3.07. The van der Waals surface area contributed by atoms with E-state index < -0.39 is 29.5 Å². The van der Waals surface area contributed by atoms with Gasteiger partial charge in [0.25, 0.3) is 0 Å². The van der Waals surface area contributed by atoms with Crippen molar-refractivity contribution in [2.75, 3.05) is 0 Å². The van der Waals surface area contributed by atoms with E-state index in [-0.39, 0.29) is 0 Å². The monoisotopic (exact) mass is 293 g/mol. The van der Waals surface area contributed by atoms with Gasteiger partial charge in [-0.15, -0.1) is 0 Å². The third-order valence-corrected chi connectivity index (χ3v) is 3.07. The first-order chi connectivity index (χ1) is 9.61. The van der Waals surface area contributed by atoms with Crippen molar-refractivity contribution in [2.24, 2.45) is 11.7 Å². The van der Waals surface area contributed by atoms with Gasteiger partial charge in [0.2, 0.25) is 0 Å². The Kier molecular flexibility index (Phi) is 5.49. The highest BCUT2D eigenvalue weighted by molar-refractivity contribution is 5.95. The average molecular weight is 293 g/mol. The molecule has 0 heterocycles. The molecule has 0 aliphatic carbocycles. The van der Waals surface area contributed by atoms with Crippen LogP contribution in [0, 0.1) is 12.8 Å². The summed E-state index contributed by atoms with van der Waals surface area (Å²) < 4.78 is 5.15. The minimum atomic E-state index is -1.37. The van der Waals surface area contributed by atoms with Crippen molar-refractivity contribution >= 4 is 11.9 Å². The van der Waals surface area contributed by atoms with Crippen molar-refractivity contribution in [1.82, 2.24) is 0 Å². The number of nitrogens with two attached hydrogens (primary N) is 1. The molecule has 0 aliphatic heterocycles. The molecule has 5 nitrogen and oxygen atoms in total. The highest BCUT2D eigenvalue weighted by atomic mass is 16.6. The highest BCUT2D eigenvalue weighted by Crippen LogP contribution is 2.17. The second-order valence-corrected chi connectivity index (χ2v) is 6.14. The molecule has 1 aromatic carbocycles. The van der Waals surface area contributed by atoms with Crippen LogP contribution in [-0.4, -0.2) is 28.7 Å². The SMILES string of the molecule is Cc1ccccc1C[C@H](N)[C@@H](C(=O)O)C(=O)OC(C)(C)C. The molecule has 0 spiro atoms. The molecule has 116 valence electrons. The molecule has 2 atom stereocenters. The normalized spacial score (nSPS) is 14.3. The average Bonchev–Trinajstić information content (AvgIpc) is 2.29. The molecular formula is C16H23NO4. The fourth-order valence-electron chi connectivity index (χ4n) is 2.03. The van der Waals surface area contributed by atoms with E-state index in [1.165, 1.54) is 0 Å². The summed E-state index contributed by atoms with van der Waals surface area (Å²) in [6.07, 6.45) is 0.308. The Hall–Kier alpha value is -1.88. The van der Waals surface area contributed by atoms with Crippen molar-refractivity contribution in [3.05, 3.63) is 35.4 Å². The molecule has 0 saturated heterocycles. The Morgan fingerprint density at radius 1 is 1.29 bits per heavy atom. The van der Waals surface area contributed by atoms with Gasteiger partial charge in [-0.1, -0.05) is 24.3 Å². The summed E-state index contributed by atoms with van der Waals surface area (Å²) in [4.78, 5) is 23.4. The van der Waals surface area contributed by atoms with Crippen LogP contribution < -0.4 is 5.73 Å². The molecule has 3 N–H and O–H groups in total. The number of hydrogen-bond acceptors (Lipinski definition) is 4. The van der Waals surface area contributed by atoms with Crippen molar-refractivity contribution in [2.45, 2.75) is 45.8 Å². The van der Waals surface area contributed by atoms with E-state index in [2.05, 4.69) is 0 Å². The fourth-order valence-corrected chi connectivity index (χ4v) is 2.03. The summed E-state index contributed by atoms with van der Waals surface area (Å²) in [5.41, 5.74) is 7.16. The molecule has 0 bridgehead atoms. The van der Waals surface area contributed by atoms with Crippen LogP contribution in [0.1, 0.15) is 31.9 Å². The van der Waals surface area contributed by atoms with E-state index in [1.54, 1.807) is 20.8 Å². The number of carbonyl (C=O) groups excluding carboxylic acids is 1. The number of carboxylic acid groups (broad SMARTS) is 1. The Morgan fingerprint density at radius 2 is 1.86 bits per heavy atom. The number of ether oxygens (including phenoxy) is 1. The predicted molar refractivity (Wildman–Crippen MR) is 79.8 cm³/mol. The Bertz CT molecular complexity index is 519. The summed E-state index contributed by atoms with van der Waals surface area (Å²) in [7, 11) is 0. The molecule has 1 aromatic rings. The van der Waals surface area contributed by atoms with Crippen molar-refractivity contribution < 1.29 is 19.4 Å². The van der Waals surface area contributed by atoms with E-state index in [9.17, 15) is 14.7 Å². The van der Waals surface area contributed by atoms with Gasteiger partial charge in [-0.3, -0.25) is 9.59 Å². The number of benzene rings is 1. The smallest absolute Gasteiger partial charge is 0.322 e. The lowest BCUT2D eigenvalue weighted by atomic mass is 9.92. The summed E-state index contributed by atoms with van der Waals surface area (Å²) in [6, 6.07) is 6.72. The first kappa shape index (κ1) is 17.2. The molecule has 5 heteroatoms. The van der Waals surface area contributed by atoms with Crippen molar-refractivity contribution in [3.8, 4) is 0 Å². The van der Waals surface area contributed by atoms with Crippen LogP contribution in [0.25, 0.3) is 0 Å². The maximum atomic E-state index is 12.0. The molecule has 0 saturated carbocycles. The number of carbonyl (C=O) groups is 2. The first-order valence-corrected chi connectivity index (χ1v) is 6.87. The fraction of sp³-hybridized carbons (Fsp3) is 0.500. The van der Waals surface area contributed by atoms with E-state index >= 15 is 0 Å². The summed E-state index contributed by atoms with van der Waals surface area (Å²) >= 11 is 0. The zero-order valence-corrected chi connectivity index (χ0v) is 12.9. The summed E-state index contributed by atoms with van der Waals surface area (Å²) in [5, 5.41) is 9.28. The summed E-state index contributed by atoms with van der Waals surface area (Å²) in [6.45, 7) is 7.00. The molecule has 0 fully saturated rings. The van der Waals surface area contributed by atoms with Crippen molar-refractivity contribution in [3.63, 3.8) is 0 Å². The van der Waals surface area contributed by atoms with Gasteiger partial charge in [0.1, 0.15) is 5.60 Å². The molecule has 0 aromatic heterocycles. The van der Waals surface area contributed by atoms with E-state index in [1.807, 2.05) is 31.2 Å². The van der Waals surface area contributed by atoms with Crippen LogP contribution in [0.15, 0.2) is 24.3 Å². The Morgan fingerprint density at radius 3 is 2.33 bits per heavy atom. The standard InChI is InChI=1S/C16H23NO4/c1-10-7-5-6-8-11(10)9-12(17)13(14(18)19)15(20)21-16(2,3)4/h5-8,12-13H,9,17H2,1-4H3,(H,18,19)/t12-,13-/m0/s1. The predicted octanol–water partition coefficient (Wildman–Crippen LogP) is 1.91.